The third kappa shape index (κ3) is 4.79. The summed E-state index contributed by atoms with van der Waals surface area (Å²) in [7, 11) is 1.34. The van der Waals surface area contributed by atoms with Crippen molar-refractivity contribution in [2.45, 2.75) is 19.3 Å². The minimum absolute atomic E-state index is 0.0319. The van der Waals surface area contributed by atoms with Gasteiger partial charge in [-0.1, -0.05) is 26.0 Å². The monoisotopic (exact) mass is 545 g/mol. The average Bonchev–Trinajstić information content (AvgIpc) is 3.29. The molecule has 10 heteroatoms. The molecule has 0 atom stereocenters. The molecule has 2 N–H and O–H groups in total. The highest BCUT2D eigenvalue weighted by molar-refractivity contribution is 6.04. The lowest BCUT2D eigenvalue weighted by Gasteiger charge is -2.29. The van der Waals surface area contributed by atoms with Gasteiger partial charge in [-0.05, 0) is 35.9 Å². The Bertz CT molecular complexity index is 1740. The number of ether oxygens (including phenoxy) is 2. The number of phenolic OH excluding ortho intramolecular Hbond substituents is 1. The van der Waals surface area contributed by atoms with Gasteiger partial charge in [-0.25, -0.2) is 23.5 Å². The van der Waals surface area contributed by atoms with Gasteiger partial charge < -0.3 is 24.3 Å². The van der Waals surface area contributed by atoms with E-state index in [1.807, 2.05) is 13.8 Å². The summed E-state index contributed by atoms with van der Waals surface area (Å²) in [4.78, 5) is 19.9. The molecule has 2 heterocycles. The molecule has 0 amide bonds. The van der Waals surface area contributed by atoms with Gasteiger partial charge in [0.15, 0.2) is 11.6 Å². The molecule has 5 aromatic rings. The second-order valence-electron chi connectivity index (χ2n) is 9.80. The summed E-state index contributed by atoms with van der Waals surface area (Å²) in [6.07, 6.45) is 2.90. The molecule has 0 saturated carbocycles. The van der Waals surface area contributed by atoms with Gasteiger partial charge in [0, 0.05) is 46.8 Å². The van der Waals surface area contributed by atoms with E-state index in [9.17, 15) is 23.8 Å². The largest absolute Gasteiger partial charge is 0.507 e. The first-order valence-corrected chi connectivity index (χ1v) is 12.2. The second-order valence-corrected chi connectivity index (χ2v) is 9.80. The fourth-order valence-electron chi connectivity index (χ4n) is 4.83. The smallest absolute Gasteiger partial charge is 0.335 e. The molecule has 5 rings (SSSR count). The summed E-state index contributed by atoms with van der Waals surface area (Å²) in [5.74, 6) is -2.44. The molecule has 0 aliphatic carbocycles. The molecule has 0 unspecified atom stereocenters. The summed E-state index contributed by atoms with van der Waals surface area (Å²) in [6, 6.07) is 14.3. The molecule has 0 fully saturated rings. The SMILES string of the molecule is COc1cc(-n2c(C(C)(C)COc3ccncn3)c(-c3cccc(C(=O)O)c3)c3c(O)cc(F)cc32)ccc1F. The van der Waals surface area contributed by atoms with E-state index in [1.165, 1.54) is 49.8 Å². The van der Waals surface area contributed by atoms with Crippen LogP contribution in [0.5, 0.6) is 17.4 Å². The van der Waals surface area contributed by atoms with Crippen molar-refractivity contribution in [3.63, 3.8) is 0 Å². The van der Waals surface area contributed by atoms with Gasteiger partial charge in [0.05, 0.1) is 23.6 Å². The lowest BCUT2D eigenvalue weighted by Crippen LogP contribution is -2.30. The van der Waals surface area contributed by atoms with Crippen LogP contribution in [0.2, 0.25) is 0 Å². The van der Waals surface area contributed by atoms with E-state index in [-0.39, 0.29) is 34.6 Å². The van der Waals surface area contributed by atoms with Crippen molar-refractivity contribution in [1.29, 1.82) is 0 Å². The Kier molecular flexibility index (Phi) is 6.85. The lowest BCUT2D eigenvalue weighted by molar-refractivity contribution is 0.0697. The maximum absolute atomic E-state index is 14.8. The van der Waals surface area contributed by atoms with Gasteiger partial charge >= 0.3 is 5.97 Å². The van der Waals surface area contributed by atoms with Crippen LogP contribution in [-0.4, -0.2) is 44.4 Å². The van der Waals surface area contributed by atoms with Crippen LogP contribution in [0.1, 0.15) is 29.9 Å². The highest BCUT2D eigenvalue weighted by Crippen LogP contribution is 2.47. The molecule has 0 aliphatic heterocycles. The Labute approximate surface area is 228 Å². The molecular weight excluding hydrogens is 520 g/mol. The predicted molar refractivity (Wildman–Crippen MR) is 144 cm³/mol. The number of fused-ring (bicyclic) bond motifs is 1. The molecule has 3 aromatic carbocycles. The fourth-order valence-corrected chi connectivity index (χ4v) is 4.83. The first-order valence-electron chi connectivity index (χ1n) is 12.2. The Hall–Kier alpha value is -4.99. The van der Waals surface area contributed by atoms with Crippen molar-refractivity contribution in [3.05, 3.63) is 96.1 Å². The van der Waals surface area contributed by atoms with Crippen molar-refractivity contribution in [1.82, 2.24) is 14.5 Å². The van der Waals surface area contributed by atoms with E-state index in [0.717, 1.165) is 6.07 Å². The van der Waals surface area contributed by atoms with Gasteiger partial charge in [-0.3, -0.25) is 0 Å². The number of methoxy groups -OCH3 is 1. The maximum Gasteiger partial charge on any atom is 0.335 e. The number of aromatic nitrogens is 3. The number of nitrogens with zero attached hydrogens (tertiary/aromatic N) is 3. The standard InChI is InChI=1S/C30H25F2N3O5/c1-30(2,15-40-25-9-10-33-16-34-25)28-26(17-5-4-6-18(11-17)29(37)38)27-22(12-19(31)13-23(27)36)35(28)20-7-8-21(32)24(14-20)39-3/h4-14,16,36H,15H2,1-3H3,(H,37,38). The van der Waals surface area contributed by atoms with Gasteiger partial charge in [0.25, 0.3) is 0 Å². The number of halogens is 2. The van der Waals surface area contributed by atoms with E-state index in [4.69, 9.17) is 9.47 Å². The molecule has 0 radical (unpaired) electrons. The number of aromatic hydroxyl groups is 1. The van der Waals surface area contributed by atoms with Gasteiger partial charge in [-0.15, -0.1) is 0 Å². The summed E-state index contributed by atoms with van der Waals surface area (Å²) < 4.78 is 42.2. The molecule has 40 heavy (non-hydrogen) atoms. The number of aromatic carboxylic acids is 1. The van der Waals surface area contributed by atoms with E-state index in [0.29, 0.717) is 28.4 Å². The molecule has 2 aromatic heterocycles. The normalized spacial score (nSPS) is 11.5. The van der Waals surface area contributed by atoms with Gasteiger partial charge in [0.1, 0.15) is 24.5 Å². The summed E-state index contributed by atoms with van der Waals surface area (Å²) in [6.45, 7) is 3.85. The van der Waals surface area contributed by atoms with Crippen LogP contribution >= 0.6 is 0 Å². The molecule has 0 saturated heterocycles. The summed E-state index contributed by atoms with van der Waals surface area (Å²) in [5, 5.41) is 21.0. The van der Waals surface area contributed by atoms with Crippen molar-refractivity contribution in [3.8, 4) is 34.2 Å². The lowest BCUT2D eigenvalue weighted by atomic mass is 9.84. The number of carboxylic acid groups (broad SMARTS) is 1. The summed E-state index contributed by atoms with van der Waals surface area (Å²) >= 11 is 0. The van der Waals surface area contributed by atoms with Crippen LogP contribution in [0.3, 0.4) is 0 Å². The van der Waals surface area contributed by atoms with E-state index < -0.39 is 23.0 Å². The van der Waals surface area contributed by atoms with Crippen LogP contribution in [0.25, 0.3) is 27.7 Å². The quantitative estimate of drug-likeness (QED) is 0.241. The Balaban J connectivity index is 1.87. The van der Waals surface area contributed by atoms with Crippen LogP contribution in [0.4, 0.5) is 8.78 Å². The average molecular weight is 546 g/mol. The second kappa shape index (κ2) is 10.3. The van der Waals surface area contributed by atoms with E-state index in [2.05, 4.69) is 9.97 Å². The van der Waals surface area contributed by atoms with Crippen LogP contribution in [0.15, 0.2) is 73.2 Å². The zero-order valence-electron chi connectivity index (χ0n) is 21.9. The number of rotatable bonds is 8. The van der Waals surface area contributed by atoms with Crippen molar-refractivity contribution < 1.29 is 33.3 Å². The first kappa shape index (κ1) is 26.6. The molecule has 0 spiro atoms. The van der Waals surface area contributed by atoms with Crippen LogP contribution in [0, 0.1) is 11.6 Å². The summed E-state index contributed by atoms with van der Waals surface area (Å²) in [5.41, 5.74) is 1.37. The minimum atomic E-state index is -1.13. The van der Waals surface area contributed by atoms with E-state index >= 15 is 0 Å². The third-order valence-electron chi connectivity index (χ3n) is 6.58. The highest BCUT2D eigenvalue weighted by atomic mass is 19.1. The Morgan fingerprint density at radius 1 is 1.07 bits per heavy atom. The molecule has 204 valence electrons. The number of hydrogen-bond acceptors (Lipinski definition) is 6. The molecule has 0 aliphatic rings. The molecule has 8 nitrogen and oxygen atoms in total. The van der Waals surface area contributed by atoms with Gasteiger partial charge in [-0.2, -0.15) is 0 Å². The highest BCUT2D eigenvalue weighted by Gasteiger charge is 2.34. The van der Waals surface area contributed by atoms with Gasteiger partial charge in [0.2, 0.25) is 5.88 Å². The van der Waals surface area contributed by atoms with Crippen molar-refractivity contribution >= 4 is 16.9 Å². The fraction of sp³-hybridized carbons (Fsp3) is 0.167. The molecule has 0 bridgehead atoms. The topological polar surface area (TPSA) is 107 Å². The minimum Gasteiger partial charge on any atom is -0.507 e. The first-order chi connectivity index (χ1) is 19.1. The third-order valence-corrected chi connectivity index (χ3v) is 6.58. The van der Waals surface area contributed by atoms with Crippen molar-refractivity contribution in [2.24, 2.45) is 0 Å². The predicted octanol–water partition coefficient (Wildman–Crippen LogP) is 6.13. The van der Waals surface area contributed by atoms with E-state index in [1.54, 1.807) is 29.0 Å². The zero-order chi connectivity index (χ0) is 28.6. The van der Waals surface area contributed by atoms with Crippen molar-refractivity contribution in [2.75, 3.05) is 13.7 Å². The van der Waals surface area contributed by atoms with Crippen LogP contribution < -0.4 is 9.47 Å². The number of benzene rings is 3. The number of carbonyl (C=O) groups is 1. The number of carboxylic acids is 1. The number of hydrogen-bond donors (Lipinski definition) is 2. The maximum atomic E-state index is 14.8. The number of phenols is 1. The molecular formula is C30H25F2N3O5. The Morgan fingerprint density at radius 3 is 2.58 bits per heavy atom. The zero-order valence-corrected chi connectivity index (χ0v) is 21.9. The Morgan fingerprint density at radius 2 is 1.88 bits per heavy atom. The van der Waals surface area contributed by atoms with Crippen LogP contribution in [-0.2, 0) is 5.41 Å².